The highest BCUT2D eigenvalue weighted by Crippen LogP contribution is 2.33. The third kappa shape index (κ3) is 4.27. The molecule has 0 unspecified atom stereocenters. The van der Waals surface area contributed by atoms with E-state index >= 15 is 0 Å². The summed E-state index contributed by atoms with van der Waals surface area (Å²) in [4.78, 5) is 19.8. The summed E-state index contributed by atoms with van der Waals surface area (Å²) < 4.78 is 11.5. The normalized spacial score (nSPS) is 13.8. The second-order valence-corrected chi connectivity index (χ2v) is 8.35. The largest absolute Gasteiger partial charge is 0.451 e. The molecule has 4 heterocycles. The number of aromatic nitrogens is 3. The van der Waals surface area contributed by atoms with Gasteiger partial charge < -0.3 is 19.4 Å². The lowest BCUT2D eigenvalue weighted by atomic mass is 10.1. The first kappa shape index (κ1) is 21.1. The number of amides is 1. The lowest BCUT2D eigenvalue weighted by Crippen LogP contribution is -2.36. The summed E-state index contributed by atoms with van der Waals surface area (Å²) in [6.45, 7) is 2.82. The SMILES string of the molecule is O=C(Nc1cc(-c2cn[nH]c2)ccc1N1CCOCC1)c1ccc(-c2ccc3ncccc3c2)o1. The molecule has 0 bridgehead atoms. The molecule has 0 atom stereocenters. The Morgan fingerprint density at radius 3 is 2.71 bits per heavy atom. The first-order valence-corrected chi connectivity index (χ1v) is 11.5. The van der Waals surface area contributed by atoms with Gasteiger partial charge in [-0.2, -0.15) is 5.10 Å². The molecule has 0 radical (unpaired) electrons. The summed E-state index contributed by atoms with van der Waals surface area (Å²) in [6.07, 6.45) is 5.35. The molecule has 2 N–H and O–H groups in total. The molecule has 5 aromatic rings. The highest BCUT2D eigenvalue weighted by molar-refractivity contribution is 6.05. The number of aromatic amines is 1. The quantitative estimate of drug-likeness (QED) is 0.380. The van der Waals surface area contributed by atoms with Gasteiger partial charge in [0.05, 0.1) is 36.3 Å². The van der Waals surface area contributed by atoms with E-state index in [2.05, 4.69) is 25.4 Å². The summed E-state index contributed by atoms with van der Waals surface area (Å²) in [7, 11) is 0. The summed E-state index contributed by atoms with van der Waals surface area (Å²) in [5, 5.41) is 11.0. The number of nitrogens with one attached hydrogen (secondary N) is 2. The van der Waals surface area contributed by atoms with Crippen molar-refractivity contribution in [3.63, 3.8) is 0 Å². The van der Waals surface area contributed by atoms with E-state index < -0.39 is 0 Å². The number of anilines is 2. The van der Waals surface area contributed by atoms with E-state index in [1.54, 1.807) is 18.5 Å². The average molecular weight is 466 g/mol. The van der Waals surface area contributed by atoms with Crippen LogP contribution < -0.4 is 10.2 Å². The third-order valence-electron chi connectivity index (χ3n) is 6.15. The van der Waals surface area contributed by atoms with Crippen molar-refractivity contribution in [1.29, 1.82) is 0 Å². The van der Waals surface area contributed by atoms with Gasteiger partial charge in [0.2, 0.25) is 0 Å². The number of carbonyl (C=O) groups is 1. The van der Waals surface area contributed by atoms with Crippen molar-refractivity contribution in [2.24, 2.45) is 0 Å². The number of ether oxygens (including phenoxy) is 1. The Balaban J connectivity index is 1.29. The van der Waals surface area contributed by atoms with Crippen molar-refractivity contribution in [3.8, 4) is 22.5 Å². The van der Waals surface area contributed by atoms with Crippen molar-refractivity contribution in [1.82, 2.24) is 15.2 Å². The standard InChI is InChI=1S/C27H23N5O3/c33-27(26-8-7-25(35-26)20-3-5-22-19(14-20)2-1-9-28-22)31-23-15-18(21-16-29-30-17-21)4-6-24(23)32-10-12-34-13-11-32/h1-9,14-17H,10-13H2,(H,29,30)(H,31,33). The van der Waals surface area contributed by atoms with Gasteiger partial charge in [-0.15, -0.1) is 0 Å². The first-order valence-electron chi connectivity index (χ1n) is 11.5. The van der Waals surface area contributed by atoms with E-state index in [4.69, 9.17) is 9.15 Å². The van der Waals surface area contributed by atoms with Gasteiger partial charge in [0, 0.05) is 42.0 Å². The molecule has 0 spiro atoms. The number of hydrogen-bond acceptors (Lipinski definition) is 6. The molecule has 1 amide bonds. The van der Waals surface area contributed by atoms with E-state index in [0.717, 1.165) is 46.4 Å². The molecule has 35 heavy (non-hydrogen) atoms. The Morgan fingerprint density at radius 2 is 1.86 bits per heavy atom. The second kappa shape index (κ2) is 9.08. The van der Waals surface area contributed by atoms with Crippen molar-refractivity contribution in [3.05, 3.63) is 85.0 Å². The molecule has 1 aliphatic heterocycles. The van der Waals surface area contributed by atoms with Crippen molar-refractivity contribution >= 4 is 28.2 Å². The molecule has 174 valence electrons. The third-order valence-corrected chi connectivity index (χ3v) is 6.15. The molecule has 8 heteroatoms. The minimum absolute atomic E-state index is 0.243. The Kier molecular flexibility index (Phi) is 5.48. The number of hydrogen-bond donors (Lipinski definition) is 2. The van der Waals surface area contributed by atoms with Crippen LogP contribution in [0.3, 0.4) is 0 Å². The van der Waals surface area contributed by atoms with Crippen LogP contribution in [0.15, 0.2) is 83.7 Å². The van der Waals surface area contributed by atoms with Gasteiger partial charge in [-0.3, -0.25) is 14.9 Å². The molecule has 0 saturated carbocycles. The Bertz CT molecular complexity index is 1490. The minimum atomic E-state index is -0.308. The summed E-state index contributed by atoms with van der Waals surface area (Å²) in [5.41, 5.74) is 5.36. The number of pyridine rings is 1. The molecule has 1 aliphatic rings. The van der Waals surface area contributed by atoms with Crippen LogP contribution in [-0.2, 0) is 4.74 Å². The molecule has 8 nitrogen and oxygen atoms in total. The van der Waals surface area contributed by atoms with Crippen LogP contribution in [-0.4, -0.2) is 47.4 Å². The smallest absolute Gasteiger partial charge is 0.291 e. The lowest BCUT2D eigenvalue weighted by molar-refractivity contribution is 0.0997. The zero-order valence-electron chi connectivity index (χ0n) is 18.9. The van der Waals surface area contributed by atoms with Gasteiger partial charge in [-0.1, -0.05) is 12.1 Å². The van der Waals surface area contributed by atoms with Crippen molar-refractivity contribution in [2.75, 3.05) is 36.5 Å². The van der Waals surface area contributed by atoms with Gasteiger partial charge >= 0.3 is 0 Å². The number of nitrogens with zero attached hydrogens (tertiary/aromatic N) is 3. The molecule has 2 aromatic carbocycles. The number of morpholine rings is 1. The number of rotatable bonds is 5. The predicted octanol–water partition coefficient (Wildman–Crippen LogP) is 4.97. The maximum atomic E-state index is 13.2. The minimum Gasteiger partial charge on any atom is -0.451 e. The summed E-state index contributed by atoms with van der Waals surface area (Å²) >= 11 is 0. The number of benzene rings is 2. The second-order valence-electron chi connectivity index (χ2n) is 8.35. The molecular formula is C27H23N5O3. The Morgan fingerprint density at radius 1 is 0.971 bits per heavy atom. The van der Waals surface area contributed by atoms with Gasteiger partial charge in [-0.05, 0) is 54.1 Å². The number of H-pyrrole nitrogens is 1. The predicted molar refractivity (Wildman–Crippen MR) is 134 cm³/mol. The highest BCUT2D eigenvalue weighted by atomic mass is 16.5. The fourth-order valence-electron chi connectivity index (χ4n) is 4.33. The lowest BCUT2D eigenvalue weighted by Gasteiger charge is -2.30. The van der Waals surface area contributed by atoms with Gasteiger partial charge in [-0.25, -0.2) is 0 Å². The van der Waals surface area contributed by atoms with E-state index in [-0.39, 0.29) is 11.7 Å². The van der Waals surface area contributed by atoms with Gasteiger partial charge in [0.25, 0.3) is 5.91 Å². The van der Waals surface area contributed by atoms with E-state index in [1.165, 1.54) is 0 Å². The fourth-order valence-corrected chi connectivity index (χ4v) is 4.33. The number of furan rings is 1. The van der Waals surface area contributed by atoms with Crippen molar-refractivity contribution < 1.29 is 13.9 Å². The number of fused-ring (bicyclic) bond motifs is 1. The average Bonchev–Trinajstić information content (AvgIpc) is 3.62. The number of carbonyl (C=O) groups excluding carboxylic acids is 1. The van der Waals surface area contributed by atoms with Crippen LogP contribution in [0.1, 0.15) is 10.6 Å². The zero-order valence-corrected chi connectivity index (χ0v) is 18.9. The van der Waals surface area contributed by atoms with Crippen molar-refractivity contribution in [2.45, 2.75) is 0 Å². The highest BCUT2D eigenvalue weighted by Gasteiger charge is 2.19. The van der Waals surface area contributed by atoms with Gasteiger partial charge in [0.1, 0.15) is 5.76 Å². The maximum absolute atomic E-state index is 13.2. The summed E-state index contributed by atoms with van der Waals surface area (Å²) in [6, 6.07) is 19.3. The zero-order chi connectivity index (χ0) is 23.6. The fraction of sp³-hybridized carbons (Fsp3) is 0.148. The molecular weight excluding hydrogens is 442 g/mol. The Labute approximate surface area is 201 Å². The van der Waals surface area contributed by atoms with E-state index in [1.807, 2.05) is 60.8 Å². The molecule has 1 saturated heterocycles. The van der Waals surface area contributed by atoms with Crippen LogP contribution in [0.4, 0.5) is 11.4 Å². The summed E-state index contributed by atoms with van der Waals surface area (Å²) in [5.74, 6) is 0.562. The molecule has 6 rings (SSSR count). The monoisotopic (exact) mass is 465 g/mol. The molecule has 0 aliphatic carbocycles. The molecule has 1 fully saturated rings. The van der Waals surface area contributed by atoms with Crippen LogP contribution in [0.25, 0.3) is 33.4 Å². The van der Waals surface area contributed by atoms with Crippen LogP contribution >= 0.6 is 0 Å². The van der Waals surface area contributed by atoms with Crippen LogP contribution in [0, 0.1) is 0 Å². The van der Waals surface area contributed by atoms with E-state index in [0.29, 0.717) is 24.7 Å². The van der Waals surface area contributed by atoms with Gasteiger partial charge in [0.15, 0.2) is 5.76 Å². The van der Waals surface area contributed by atoms with Crippen LogP contribution in [0.2, 0.25) is 0 Å². The first-order chi connectivity index (χ1) is 17.2. The van der Waals surface area contributed by atoms with Crippen LogP contribution in [0.5, 0.6) is 0 Å². The van der Waals surface area contributed by atoms with E-state index in [9.17, 15) is 4.79 Å². The maximum Gasteiger partial charge on any atom is 0.291 e. The topological polar surface area (TPSA) is 96.3 Å². The molecule has 3 aromatic heterocycles. The Hall–Kier alpha value is -4.43.